The zero-order valence-electron chi connectivity index (χ0n) is 14.1. The third-order valence-corrected chi connectivity index (χ3v) is 4.97. The zero-order valence-corrected chi connectivity index (χ0v) is 14.9. The highest BCUT2D eigenvalue weighted by Crippen LogP contribution is 2.51. The van der Waals surface area contributed by atoms with E-state index in [1.165, 1.54) is 9.78 Å². The van der Waals surface area contributed by atoms with Crippen molar-refractivity contribution in [2.75, 3.05) is 14.1 Å². The Labute approximate surface area is 140 Å². The molecular weight excluding hydrogens is 312 g/mol. The molecule has 2 unspecified atom stereocenters. The lowest BCUT2D eigenvalue weighted by molar-refractivity contribution is -0.125. The lowest BCUT2D eigenvalue weighted by Crippen LogP contribution is -2.39. The second-order valence-corrected chi connectivity index (χ2v) is 8.26. The number of rotatable bonds is 1. The molecule has 1 fully saturated rings. The van der Waals surface area contributed by atoms with Gasteiger partial charge in [-0.05, 0) is 44.2 Å². The lowest BCUT2D eigenvalue weighted by Gasteiger charge is -2.26. The quantitative estimate of drug-likeness (QED) is 0.740. The van der Waals surface area contributed by atoms with Gasteiger partial charge in [0.15, 0.2) is 0 Å². The average molecular weight is 334 g/mol. The molecule has 23 heavy (non-hydrogen) atoms. The topological polar surface area (TPSA) is 49.9 Å². The zero-order chi connectivity index (χ0) is 16.9. The van der Waals surface area contributed by atoms with Crippen molar-refractivity contribution >= 4 is 23.3 Å². The number of carbonyl (C=O) groups is 2. The summed E-state index contributed by atoms with van der Waals surface area (Å²) in [5.74, 6) is -0.209. The molecule has 1 aliphatic carbocycles. The molecule has 1 aliphatic heterocycles. The van der Waals surface area contributed by atoms with Crippen LogP contribution in [-0.4, -0.2) is 41.5 Å². The standard InChI is InChI=1S/C17H22N2O3S/c1-17(2,3)22-16(21)19-14-10-6-7-23-13(10)8-11(14)12(15(19)20)9-18(4)5/h6-7,9,11,14H,8H2,1-5H3/b12-9-. The smallest absolute Gasteiger partial charge is 0.417 e. The maximum absolute atomic E-state index is 12.8. The molecule has 6 heteroatoms. The summed E-state index contributed by atoms with van der Waals surface area (Å²) in [5.41, 5.74) is 1.15. The number of fused-ring (bicyclic) bond motifs is 3. The number of hydrogen-bond acceptors (Lipinski definition) is 5. The van der Waals surface area contributed by atoms with Crippen molar-refractivity contribution < 1.29 is 14.3 Å². The Morgan fingerprint density at radius 2 is 2.13 bits per heavy atom. The minimum Gasteiger partial charge on any atom is -0.443 e. The van der Waals surface area contributed by atoms with Gasteiger partial charge in [-0.25, -0.2) is 9.69 Å². The normalized spacial score (nSPS) is 24.8. The van der Waals surface area contributed by atoms with Gasteiger partial charge in [-0.15, -0.1) is 11.3 Å². The van der Waals surface area contributed by atoms with E-state index >= 15 is 0 Å². The van der Waals surface area contributed by atoms with E-state index in [9.17, 15) is 9.59 Å². The highest BCUT2D eigenvalue weighted by Gasteiger charge is 2.53. The van der Waals surface area contributed by atoms with E-state index in [-0.39, 0.29) is 17.9 Å². The summed E-state index contributed by atoms with van der Waals surface area (Å²) >= 11 is 1.69. The minimum absolute atomic E-state index is 0.0277. The Morgan fingerprint density at radius 3 is 2.74 bits per heavy atom. The van der Waals surface area contributed by atoms with E-state index in [2.05, 4.69) is 0 Å². The summed E-state index contributed by atoms with van der Waals surface area (Å²) in [6.07, 6.45) is 2.09. The number of amides is 2. The molecule has 2 atom stereocenters. The first-order valence-electron chi connectivity index (χ1n) is 7.70. The summed E-state index contributed by atoms with van der Waals surface area (Å²) in [7, 11) is 3.77. The van der Waals surface area contributed by atoms with Crippen LogP contribution < -0.4 is 0 Å². The van der Waals surface area contributed by atoms with Crippen LogP contribution in [-0.2, 0) is 16.0 Å². The van der Waals surface area contributed by atoms with Crippen molar-refractivity contribution in [1.29, 1.82) is 0 Å². The van der Waals surface area contributed by atoms with Crippen LogP contribution in [0.25, 0.3) is 0 Å². The number of nitrogens with zero attached hydrogens (tertiary/aromatic N) is 2. The second kappa shape index (κ2) is 5.37. The molecule has 0 radical (unpaired) electrons. The van der Waals surface area contributed by atoms with Gasteiger partial charge in [0, 0.05) is 36.7 Å². The summed E-state index contributed by atoms with van der Waals surface area (Å²) in [4.78, 5) is 29.9. The third kappa shape index (κ3) is 2.76. The summed E-state index contributed by atoms with van der Waals surface area (Å²) < 4.78 is 5.47. The van der Waals surface area contributed by atoms with Crippen molar-refractivity contribution in [3.8, 4) is 0 Å². The first-order valence-corrected chi connectivity index (χ1v) is 8.58. The molecule has 2 aliphatic rings. The first kappa shape index (κ1) is 16.1. The molecule has 0 spiro atoms. The fourth-order valence-electron chi connectivity index (χ4n) is 3.27. The van der Waals surface area contributed by atoms with Crippen LogP contribution in [0.3, 0.4) is 0 Å². The highest BCUT2D eigenvalue weighted by molar-refractivity contribution is 7.10. The van der Waals surface area contributed by atoms with Crippen molar-refractivity contribution in [3.63, 3.8) is 0 Å². The molecule has 0 aromatic carbocycles. The van der Waals surface area contributed by atoms with Gasteiger partial charge < -0.3 is 9.64 Å². The summed E-state index contributed by atoms with van der Waals surface area (Å²) in [6.45, 7) is 5.43. The van der Waals surface area contributed by atoms with Crippen LogP contribution in [0.5, 0.6) is 0 Å². The van der Waals surface area contributed by atoms with Gasteiger partial charge in [-0.2, -0.15) is 0 Å². The van der Waals surface area contributed by atoms with Crippen molar-refractivity contribution in [2.24, 2.45) is 5.92 Å². The van der Waals surface area contributed by atoms with Crippen LogP contribution in [0, 0.1) is 5.92 Å². The Balaban J connectivity index is 2.01. The number of carbonyl (C=O) groups excluding carboxylic acids is 2. The Morgan fingerprint density at radius 1 is 1.43 bits per heavy atom. The maximum Gasteiger partial charge on any atom is 0.417 e. The van der Waals surface area contributed by atoms with Gasteiger partial charge in [-0.3, -0.25) is 4.79 Å². The monoisotopic (exact) mass is 334 g/mol. The van der Waals surface area contributed by atoms with E-state index in [1.54, 1.807) is 11.3 Å². The Kier molecular flexibility index (Phi) is 3.75. The molecule has 0 N–H and O–H groups in total. The predicted molar refractivity (Wildman–Crippen MR) is 89.1 cm³/mol. The van der Waals surface area contributed by atoms with Gasteiger partial charge in [-0.1, -0.05) is 0 Å². The maximum atomic E-state index is 12.8. The Hall–Kier alpha value is -1.82. The lowest BCUT2D eigenvalue weighted by atomic mass is 9.97. The van der Waals surface area contributed by atoms with E-state index in [4.69, 9.17) is 4.74 Å². The van der Waals surface area contributed by atoms with E-state index in [0.717, 1.165) is 12.0 Å². The number of thiophene rings is 1. The molecule has 0 saturated carbocycles. The molecule has 5 nitrogen and oxygen atoms in total. The molecule has 2 heterocycles. The summed E-state index contributed by atoms with van der Waals surface area (Å²) in [5, 5.41) is 2.02. The molecule has 1 saturated heterocycles. The second-order valence-electron chi connectivity index (χ2n) is 7.26. The van der Waals surface area contributed by atoms with Crippen LogP contribution >= 0.6 is 11.3 Å². The van der Waals surface area contributed by atoms with Crippen LogP contribution in [0.4, 0.5) is 4.79 Å². The number of imide groups is 1. The van der Waals surface area contributed by atoms with Crippen LogP contribution in [0.15, 0.2) is 23.2 Å². The first-order chi connectivity index (χ1) is 10.7. The minimum atomic E-state index is -0.628. The molecule has 1 aromatic heterocycles. The average Bonchev–Trinajstić information content (AvgIpc) is 3.01. The number of hydrogen-bond donors (Lipinski definition) is 0. The third-order valence-electron chi connectivity index (χ3n) is 4.02. The summed E-state index contributed by atoms with van der Waals surface area (Å²) in [6, 6.07) is 1.79. The van der Waals surface area contributed by atoms with Crippen LogP contribution in [0.1, 0.15) is 37.3 Å². The molecule has 3 rings (SSSR count). The largest absolute Gasteiger partial charge is 0.443 e. The fraction of sp³-hybridized carbons (Fsp3) is 0.529. The molecule has 0 bridgehead atoms. The highest BCUT2D eigenvalue weighted by atomic mass is 32.1. The molecular formula is C17H22N2O3S. The predicted octanol–water partition coefficient (Wildman–Crippen LogP) is 3.18. The molecule has 2 amide bonds. The number of ether oxygens (including phenoxy) is 1. The molecule has 1 aromatic rings. The Bertz CT molecular complexity index is 684. The van der Waals surface area contributed by atoms with Crippen LogP contribution in [0.2, 0.25) is 0 Å². The fourth-order valence-corrected chi connectivity index (χ4v) is 4.25. The van der Waals surface area contributed by atoms with Gasteiger partial charge in [0.2, 0.25) is 0 Å². The SMILES string of the molecule is CN(C)/C=C1\C(=O)N(C(=O)OC(C)(C)C)C2c3ccsc3CC12. The number of likely N-dealkylation sites (tertiary alicyclic amines) is 1. The van der Waals surface area contributed by atoms with Crippen molar-refractivity contribution in [3.05, 3.63) is 33.7 Å². The van der Waals surface area contributed by atoms with E-state index in [0.29, 0.717) is 5.57 Å². The van der Waals surface area contributed by atoms with Gasteiger partial charge >= 0.3 is 6.09 Å². The van der Waals surface area contributed by atoms with E-state index in [1.807, 2.05) is 57.4 Å². The van der Waals surface area contributed by atoms with E-state index < -0.39 is 11.7 Å². The van der Waals surface area contributed by atoms with Crippen molar-refractivity contribution in [1.82, 2.24) is 9.80 Å². The molecule has 124 valence electrons. The van der Waals surface area contributed by atoms with Gasteiger partial charge in [0.05, 0.1) is 6.04 Å². The van der Waals surface area contributed by atoms with Gasteiger partial charge in [0.25, 0.3) is 5.91 Å². The van der Waals surface area contributed by atoms with Gasteiger partial charge in [0.1, 0.15) is 5.60 Å². The van der Waals surface area contributed by atoms with Crippen molar-refractivity contribution in [2.45, 2.75) is 38.8 Å².